The van der Waals surface area contributed by atoms with Crippen LogP contribution in [0, 0.1) is 0 Å². The van der Waals surface area contributed by atoms with Gasteiger partial charge in [0, 0.05) is 30.7 Å². The zero-order chi connectivity index (χ0) is 22.0. The number of anilines is 1. The van der Waals surface area contributed by atoms with Crippen LogP contribution in [0.4, 0.5) is 5.95 Å². The monoisotopic (exact) mass is 419 g/mol. The summed E-state index contributed by atoms with van der Waals surface area (Å²) in [6, 6.07) is 9.98. The van der Waals surface area contributed by atoms with Gasteiger partial charge in [-0.1, -0.05) is 26.0 Å². The first-order chi connectivity index (χ1) is 15.0. The van der Waals surface area contributed by atoms with Crippen LogP contribution >= 0.6 is 0 Å². The summed E-state index contributed by atoms with van der Waals surface area (Å²) in [6.45, 7) is 12.0. The van der Waals surface area contributed by atoms with Gasteiger partial charge in [0.2, 0.25) is 5.95 Å². The van der Waals surface area contributed by atoms with Crippen molar-refractivity contribution in [1.29, 1.82) is 0 Å². The molecular weight excluding hydrogens is 390 g/mol. The fraction of sp³-hybridized carbons (Fsp3) is 0.391. The van der Waals surface area contributed by atoms with E-state index in [1.807, 2.05) is 35.0 Å². The molecule has 8 nitrogen and oxygen atoms in total. The van der Waals surface area contributed by atoms with E-state index >= 15 is 0 Å². The van der Waals surface area contributed by atoms with Crippen molar-refractivity contribution >= 4 is 33.9 Å². The van der Waals surface area contributed by atoms with Crippen LogP contribution in [0.15, 0.2) is 42.7 Å². The molecule has 0 aliphatic heterocycles. The molecule has 0 aliphatic rings. The molecule has 3 aromatic heterocycles. The molecule has 0 saturated heterocycles. The maximum atomic E-state index is 13.0. The van der Waals surface area contributed by atoms with E-state index in [1.165, 1.54) is 0 Å². The molecule has 0 bridgehead atoms. The minimum atomic E-state index is -0.230. The van der Waals surface area contributed by atoms with Crippen LogP contribution in [0.1, 0.15) is 44.1 Å². The molecule has 1 aromatic carbocycles. The number of carbonyl (C=O) groups is 1. The Morgan fingerprint density at radius 3 is 2.68 bits per heavy atom. The van der Waals surface area contributed by atoms with Gasteiger partial charge in [-0.25, -0.2) is 14.6 Å². The Hall–Kier alpha value is -3.26. The van der Waals surface area contributed by atoms with Crippen LogP contribution in [-0.2, 0) is 6.54 Å². The molecule has 0 unspecified atom stereocenters. The molecule has 0 saturated carbocycles. The van der Waals surface area contributed by atoms with Gasteiger partial charge >= 0.3 is 0 Å². The number of amides is 1. The smallest absolute Gasteiger partial charge is 0.259 e. The number of likely N-dealkylation sites (N-methyl/N-ethyl adjacent to an activating group) is 1. The Balaban J connectivity index is 1.62. The second-order valence-electron chi connectivity index (χ2n) is 7.88. The number of imidazole rings is 1. The fourth-order valence-electron chi connectivity index (χ4n) is 3.79. The van der Waals surface area contributed by atoms with Gasteiger partial charge in [-0.15, -0.1) is 0 Å². The molecule has 1 amide bonds. The van der Waals surface area contributed by atoms with Crippen molar-refractivity contribution in [2.75, 3.05) is 25.0 Å². The van der Waals surface area contributed by atoms with Gasteiger partial charge in [0.15, 0.2) is 5.65 Å². The number of hydrogen-bond acceptors (Lipinski definition) is 5. The van der Waals surface area contributed by atoms with Gasteiger partial charge in [0.25, 0.3) is 5.91 Å². The van der Waals surface area contributed by atoms with Crippen LogP contribution in [0.5, 0.6) is 0 Å². The van der Waals surface area contributed by atoms with Crippen molar-refractivity contribution in [1.82, 2.24) is 29.2 Å². The van der Waals surface area contributed by atoms with Crippen molar-refractivity contribution < 1.29 is 4.79 Å². The highest BCUT2D eigenvalue weighted by molar-refractivity contribution is 6.05. The van der Waals surface area contributed by atoms with Crippen LogP contribution in [0.3, 0.4) is 0 Å². The molecule has 0 radical (unpaired) electrons. The van der Waals surface area contributed by atoms with E-state index in [2.05, 4.69) is 57.5 Å². The number of para-hydroxylation sites is 2. The van der Waals surface area contributed by atoms with Crippen LogP contribution < -0.4 is 5.32 Å². The van der Waals surface area contributed by atoms with E-state index in [-0.39, 0.29) is 11.9 Å². The van der Waals surface area contributed by atoms with Gasteiger partial charge < -0.3 is 9.47 Å². The lowest BCUT2D eigenvalue weighted by atomic mass is 10.2. The standard InChI is InChI=1S/C23H29N7O/c1-5-28(6-2)11-12-29-20-10-8-7-9-19(20)26-23(29)27-22(31)18-13-17-15-25-30(16(3)4)21(17)24-14-18/h7-10,13-16H,5-6,11-12H2,1-4H3,(H,26,27,31). The average molecular weight is 420 g/mol. The van der Waals surface area contributed by atoms with Crippen molar-refractivity contribution in [2.24, 2.45) is 0 Å². The highest BCUT2D eigenvalue weighted by Crippen LogP contribution is 2.21. The lowest BCUT2D eigenvalue weighted by molar-refractivity contribution is 0.102. The maximum absolute atomic E-state index is 13.0. The van der Waals surface area contributed by atoms with Crippen molar-refractivity contribution in [3.63, 3.8) is 0 Å². The average Bonchev–Trinajstić information content (AvgIpc) is 3.35. The number of nitrogens with one attached hydrogen (secondary N) is 1. The number of aromatic nitrogens is 5. The quantitative estimate of drug-likeness (QED) is 0.468. The van der Waals surface area contributed by atoms with Gasteiger partial charge in [-0.05, 0) is 45.1 Å². The summed E-state index contributed by atoms with van der Waals surface area (Å²) in [7, 11) is 0. The van der Waals surface area contributed by atoms with Crippen molar-refractivity contribution in [3.8, 4) is 0 Å². The molecule has 162 valence electrons. The number of rotatable bonds is 8. The predicted octanol–water partition coefficient (Wildman–Crippen LogP) is 3.96. The third kappa shape index (κ3) is 4.16. The van der Waals surface area contributed by atoms with Gasteiger partial charge in [-0.3, -0.25) is 10.1 Å². The summed E-state index contributed by atoms with van der Waals surface area (Å²) in [5.41, 5.74) is 3.14. The molecule has 8 heteroatoms. The molecule has 4 rings (SSSR count). The zero-order valence-corrected chi connectivity index (χ0v) is 18.5. The van der Waals surface area contributed by atoms with Gasteiger partial charge in [0.05, 0.1) is 22.8 Å². The highest BCUT2D eigenvalue weighted by atomic mass is 16.1. The fourth-order valence-corrected chi connectivity index (χ4v) is 3.79. The Morgan fingerprint density at radius 1 is 1.16 bits per heavy atom. The molecule has 3 heterocycles. The largest absolute Gasteiger partial charge is 0.309 e. The number of nitrogens with zero attached hydrogens (tertiary/aromatic N) is 6. The normalized spacial score (nSPS) is 11.8. The second-order valence-corrected chi connectivity index (χ2v) is 7.88. The number of pyridine rings is 1. The molecule has 0 fully saturated rings. The number of fused-ring (bicyclic) bond motifs is 2. The summed E-state index contributed by atoms with van der Waals surface area (Å²) in [5, 5.41) is 8.22. The van der Waals surface area contributed by atoms with Crippen molar-refractivity contribution in [2.45, 2.75) is 40.3 Å². The van der Waals surface area contributed by atoms with E-state index in [0.717, 1.165) is 48.2 Å². The number of benzene rings is 1. The summed E-state index contributed by atoms with van der Waals surface area (Å²) in [5.74, 6) is 0.322. The van der Waals surface area contributed by atoms with Crippen LogP contribution in [0.2, 0.25) is 0 Å². The third-order valence-electron chi connectivity index (χ3n) is 5.60. The van der Waals surface area contributed by atoms with E-state index in [0.29, 0.717) is 11.5 Å². The number of hydrogen-bond donors (Lipinski definition) is 1. The Kier molecular flexibility index (Phi) is 5.99. The maximum Gasteiger partial charge on any atom is 0.259 e. The van der Waals surface area contributed by atoms with E-state index in [1.54, 1.807) is 12.4 Å². The molecule has 1 N–H and O–H groups in total. The second kappa shape index (κ2) is 8.85. The molecule has 0 atom stereocenters. The topological polar surface area (TPSA) is 80.9 Å². The van der Waals surface area contributed by atoms with E-state index in [9.17, 15) is 4.79 Å². The van der Waals surface area contributed by atoms with E-state index in [4.69, 9.17) is 0 Å². The SMILES string of the molecule is CCN(CC)CCn1c(NC(=O)c2cnc3c(cnn3C(C)C)c2)nc2ccccc21. The summed E-state index contributed by atoms with van der Waals surface area (Å²) in [4.78, 5) is 24.5. The van der Waals surface area contributed by atoms with Crippen LogP contribution in [0.25, 0.3) is 22.1 Å². The molecule has 4 aromatic rings. The molecule has 31 heavy (non-hydrogen) atoms. The Labute approximate surface area is 181 Å². The van der Waals surface area contributed by atoms with Crippen LogP contribution in [-0.4, -0.2) is 54.8 Å². The first-order valence-corrected chi connectivity index (χ1v) is 10.8. The van der Waals surface area contributed by atoms with E-state index < -0.39 is 0 Å². The first-order valence-electron chi connectivity index (χ1n) is 10.8. The van der Waals surface area contributed by atoms with Gasteiger partial charge in [-0.2, -0.15) is 5.10 Å². The lowest BCUT2D eigenvalue weighted by Gasteiger charge is -2.19. The third-order valence-corrected chi connectivity index (χ3v) is 5.60. The Bertz CT molecular complexity index is 1200. The molecule has 0 spiro atoms. The molecule has 0 aliphatic carbocycles. The summed E-state index contributed by atoms with van der Waals surface area (Å²) in [6.07, 6.45) is 3.35. The van der Waals surface area contributed by atoms with Gasteiger partial charge in [0.1, 0.15) is 0 Å². The molecular formula is C23H29N7O. The summed E-state index contributed by atoms with van der Waals surface area (Å²) < 4.78 is 3.93. The zero-order valence-electron chi connectivity index (χ0n) is 18.5. The minimum Gasteiger partial charge on any atom is -0.309 e. The highest BCUT2D eigenvalue weighted by Gasteiger charge is 2.17. The lowest BCUT2D eigenvalue weighted by Crippen LogP contribution is -2.27. The summed E-state index contributed by atoms with van der Waals surface area (Å²) >= 11 is 0. The predicted molar refractivity (Wildman–Crippen MR) is 123 cm³/mol. The minimum absolute atomic E-state index is 0.204. The first kappa shape index (κ1) is 21.0. The van der Waals surface area contributed by atoms with Crippen molar-refractivity contribution in [3.05, 3.63) is 48.3 Å². The Morgan fingerprint density at radius 2 is 1.94 bits per heavy atom. The number of carbonyl (C=O) groups excluding carboxylic acids is 1.